The van der Waals surface area contributed by atoms with E-state index in [4.69, 9.17) is 5.26 Å². The van der Waals surface area contributed by atoms with Gasteiger partial charge < -0.3 is 10.1 Å². The van der Waals surface area contributed by atoms with Gasteiger partial charge in [-0.25, -0.2) is 0 Å². The van der Waals surface area contributed by atoms with E-state index in [-0.39, 0.29) is 35.6 Å². The SMILES string of the molecule is N#Cc1cc(NC(=O)CCC(=O)c2ccc3c(c2)CCC3)ccc1OCC(F)(F)F. The highest BCUT2D eigenvalue weighted by molar-refractivity contribution is 6.00. The summed E-state index contributed by atoms with van der Waals surface area (Å²) in [5, 5.41) is 11.7. The van der Waals surface area contributed by atoms with Crippen LogP contribution in [0.1, 0.15) is 46.3 Å². The van der Waals surface area contributed by atoms with Gasteiger partial charge in [-0.1, -0.05) is 12.1 Å². The second kappa shape index (κ2) is 8.99. The van der Waals surface area contributed by atoms with Gasteiger partial charge >= 0.3 is 6.18 Å². The largest absolute Gasteiger partial charge is 0.483 e. The second-order valence-corrected chi connectivity index (χ2v) is 7.03. The first kappa shape index (κ1) is 21.4. The number of rotatable bonds is 7. The Morgan fingerprint density at radius 1 is 1.07 bits per heavy atom. The number of benzene rings is 2. The van der Waals surface area contributed by atoms with E-state index in [9.17, 15) is 22.8 Å². The zero-order valence-corrected chi connectivity index (χ0v) is 16.0. The monoisotopic (exact) mass is 416 g/mol. The highest BCUT2D eigenvalue weighted by Crippen LogP contribution is 2.26. The van der Waals surface area contributed by atoms with Gasteiger partial charge in [-0.2, -0.15) is 18.4 Å². The molecule has 30 heavy (non-hydrogen) atoms. The van der Waals surface area contributed by atoms with Crippen molar-refractivity contribution >= 4 is 17.4 Å². The van der Waals surface area contributed by atoms with E-state index in [2.05, 4.69) is 10.1 Å². The predicted octanol–water partition coefficient (Wildman–Crippen LogP) is 4.59. The van der Waals surface area contributed by atoms with Crippen LogP contribution in [-0.2, 0) is 17.6 Å². The van der Waals surface area contributed by atoms with E-state index in [1.165, 1.54) is 29.3 Å². The number of nitrogens with zero attached hydrogens (tertiary/aromatic N) is 1. The lowest BCUT2D eigenvalue weighted by molar-refractivity contribution is -0.153. The number of fused-ring (bicyclic) bond motifs is 1. The normalized spacial score (nSPS) is 12.7. The third kappa shape index (κ3) is 5.60. The molecule has 8 heteroatoms. The summed E-state index contributed by atoms with van der Waals surface area (Å²) < 4.78 is 41.4. The fourth-order valence-electron chi connectivity index (χ4n) is 3.32. The maximum atomic E-state index is 12.4. The maximum absolute atomic E-state index is 12.4. The number of Topliss-reactive ketones (excluding diaryl/α,β-unsaturated/α-hetero) is 1. The second-order valence-electron chi connectivity index (χ2n) is 7.03. The number of ketones is 1. The summed E-state index contributed by atoms with van der Waals surface area (Å²) in [6.45, 7) is -1.52. The van der Waals surface area contributed by atoms with Gasteiger partial charge in [0.15, 0.2) is 12.4 Å². The summed E-state index contributed by atoms with van der Waals surface area (Å²) >= 11 is 0. The van der Waals surface area contributed by atoms with Gasteiger partial charge in [-0.05, 0) is 54.7 Å². The quantitative estimate of drug-likeness (QED) is 0.670. The van der Waals surface area contributed by atoms with Crippen molar-refractivity contribution in [2.75, 3.05) is 11.9 Å². The summed E-state index contributed by atoms with van der Waals surface area (Å²) in [6, 6.07) is 11.1. The number of halogens is 3. The van der Waals surface area contributed by atoms with E-state index >= 15 is 0 Å². The molecule has 0 aliphatic heterocycles. The fraction of sp³-hybridized carbons (Fsp3) is 0.318. The van der Waals surface area contributed by atoms with Gasteiger partial charge in [0, 0.05) is 24.1 Å². The van der Waals surface area contributed by atoms with Gasteiger partial charge in [0.05, 0.1) is 5.56 Å². The molecular weight excluding hydrogens is 397 g/mol. The average Bonchev–Trinajstić information content (AvgIpc) is 3.18. The Bertz CT molecular complexity index is 1010. The van der Waals surface area contributed by atoms with Gasteiger partial charge in [0.2, 0.25) is 5.91 Å². The Balaban J connectivity index is 1.55. The summed E-state index contributed by atoms with van der Waals surface area (Å²) in [5.41, 5.74) is 3.14. The van der Waals surface area contributed by atoms with Gasteiger partial charge in [0.25, 0.3) is 0 Å². The molecule has 0 atom stereocenters. The van der Waals surface area contributed by atoms with Gasteiger partial charge in [-0.15, -0.1) is 0 Å². The zero-order valence-electron chi connectivity index (χ0n) is 16.0. The fourth-order valence-corrected chi connectivity index (χ4v) is 3.32. The molecular formula is C22H19F3N2O3. The standard InChI is InChI=1S/C22H19F3N2O3/c23-22(24,25)13-30-20-8-6-18(11-17(20)12-26)27-21(29)9-7-19(28)16-5-4-14-2-1-3-15(14)10-16/h4-6,8,10-11H,1-3,7,9,13H2,(H,27,29). The number of hydrogen-bond donors (Lipinski definition) is 1. The van der Waals surface area contributed by atoms with Crippen LogP contribution in [0.3, 0.4) is 0 Å². The lowest BCUT2D eigenvalue weighted by Crippen LogP contribution is -2.19. The molecule has 1 aliphatic carbocycles. The first-order valence-corrected chi connectivity index (χ1v) is 9.44. The highest BCUT2D eigenvalue weighted by atomic mass is 19.4. The number of carbonyl (C=O) groups excluding carboxylic acids is 2. The topological polar surface area (TPSA) is 79.2 Å². The van der Waals surface area contributed by atoms with Crippen molar-refractivity contribution < 1.29 is 27.5 Å². The summed E-state index contributed by atoms with van der Waals surface area (Å²) in [6.07, 6.45) is -1.48. The molecule has 5 nitrogen and oxygen atoms in total. The molecule has 0 spiro atoms. The van der Waals surface area contributed by atoms with Crippen LogP contribution in [0.5, 0.6) is 5.75 Å². The number of nitriles is 1. The van der Waals surface area contributed by atoms with Crippen molar-refractivity contribution in [3.63, 3.8) is 0 Å². The Labute approximate surface area is 171 Å². The average molecular weight is 416 g/mol. The van der Waals surface area contributed by atoms with Crippen LogP contribution in [0.25, 0.3) is 0 Å². The van der Waals surface area contributed by atoms with E-state index < -0.39 is 18.7 Å². The Morgan fingerprint density at radius 2 is 1.83 bits per heavy atom. The highest BCUT2D eigenvalue weighted by Gasteiger charge is 2.29. The van der Waals surface area contributed by atoms with E-state index in [0.29, 0.717) is 5.56 Å². The van der Waals surface area contributed by atoms with Crippen LogP contribution < -0.4 is 10.1 Å². The van der Waals surface area contributed by atoms with Crippen LogP contribution in [0, 0.1) is 11.3 Å². The number of nitrogens with one attached hydrogen (secondary N) is 1. The number of carbonyl (C=O) groups is 2. The number of aryl methyl sites for hydroxylation is 2. The molecule has 0 saturated heterocycles. The van der Waals surface area contributed by atoms with Crippen LogP contribution >= 0.6 is 0 Å². The molecule has 2 aromatic rings. The zero-order chi connectivity index (χ0) is 21.7. The van der Waals surface area contributed by atoms with Crippen LogP contribution in [0.15, 0.2) is 36.4 Å². The molecule has 0 unspecified atom stereocenters. The number of ether oxygens (including phenoxy) is 1. The summed E-state index contributed by atoms with van der Waals surface area (Å²) in [4.78, 5) is 24.5. The molecule has 2 aromatic carbocycles. The van der Waals surface area contributed by atoms with Crippen molar-refractivity contribution in [3.8, 4) is 11.8 Å². The van der Waals surface area contributed by atoms with Crippen molar-refractivity contribution in [1.82, 2.24) is 0 Å². The molecule has 0 aromatic heterocycles. The third-order valence-corrected chi connectivity index (χ3v) is 4.77. The van der Waals surface area contributed by atoms with Crippen LogP contribution in [0.4, 0.5) is 18.9 Å². The van der Waals surface area contributed by atoms with Crippen LogP contribution in [-0.4, -0.2) is 24.5 Å². The number of hydrogen-bond acceptors (Lipinski definition) is 4. The Morgan fingerprint density at radius 3 is 2.57 bits per heavy atom. The Kier molecular flexibility index (Phi) is 6.40. The first-order valence-electron chi connectivity index (χ1n) is 9.44. The molecule has 0 saturated carbocycles. The summed E-state index contributed by atoms with van der Waals surface area (Å²) in [7, 11) is 0. The van der Waals surface area contributed by atoms with E-state index in [1.54, 1.807) is 12.1 Å². The predicted molar refractivity (Wildman–Crippen MR) is 103 cm³/mol. The minimum atomic E-state index is -4.52. The van der Waals surface area contributed by atoms with Crippen molar-refractivity contribution in [1.29, 1.82) is 5.26 Å². The minimum Gasteiger partial charge on any atom is -0.483 e. The molecule has 0 bridgehead atoms. The molecule has 3 rings (SSSR count). The van der Waals surface area contributed by atoms with Crippen molar-refractivity contribution in [2.24, 2.45) is 0 Å². The van der Waals surface area contributed by atoms with Crippen molar-refractivity contribution in [2.45, 2.75) is 38.3 Å². The molecule has 0 radical (unpaired) electrons. The Hall–Kier alpha value is -3.34. The molecule has 1 aliphatic rings. The molecule has 1 amide bonds. The van der Waals surface area contributed by atoms with Gasteiger partial charge in [-0.3, -0.25) is 9.59 Å². The molecule has 0 heterocycles. The third-order valence-electron chi connectivity index (χ3n) is 4.77. The minimum absolute atomic E-state index is 0.0303. The van der Waals surface area contributed by atoms with E-state index in [0.717, 1.165) is 19.3 Å². The smallest absolute Gasteiger partial charge is 0.422 e. The molecule has 156 valence electrons. The first-order chi connectivity index (χ1) is 14.2. The van der Waals surface area contributed by atoms with Crippen LogP contribution in [0.2, 0.25) is 0 Å². The van der Waals surface area contributed by atoms with E-state index in [1.807, 2.05) is 12.1 Å². The maximum Gasteiger partial charge on any atom is 0.422 e. The van der Waals surface area contributed by atoms with Crippen molar-refractivity contribution in [3.05, 3.63) is 58.7 Å². The number of alkyl halides is 3. The number of amides is 1. The lowest BCUT2D eigenvalue weighted by Gasteiger charge is -2.12. The molecule has 1 N–H and O–H groups in total. The number of anilines is 1. The molecule has 0 fully saturated rings. The van der Waals surface area contributed by atoms with Gasteiger partial charge in [0.1, 0.15) is 11.8 Å². The summed E-state index contributed by atoms with van der Waals surface area (Å²) in [5.74, 6) is -0.787. The lowest BCUT2D eigenvalue weighted by atomic mass is 10.0.